The van der Waals surface area contributed by atoms with Crippen molar-refractivity contribution in [2.75, 3.05) is 11.5 Å². The van der Waals surface area contributed by atoms with Gasteiger partial charge in [0.1, 0.15) is 6.04 Å². The summed E-state index contributed by atoms with van der Waals surface area (Å²) in [5.74, 6) is 0.419. The molecule has 0 spiro atoms. The zero-order valence-electron chi connectivity index (χ0n) is 10.9. The Bertz CT molecular complexity index is 244. The van der Waals surface area contributed by atoms with Crippen LogP contribution in [-0.4, -0.2) is 34.5 Å². The van der Waals surface area contributed by atoms with E-state index in [1.54, 1.807) is 11.8 Å². The van der Waals surface area contributed by atoms with Crippen LogP contribution in [-0.2, 0) is 9.59 Å². The Morgan fingerprint density at radius 1 is 1.35 bits per heavy atom. The number of carboxylic acids is 1. The van der Waals surface area contributed by atoms with Crippen molar-refractivity contribution < 1.29 is 14.7 Å². The van der Waals surface area contributed by atoms with Crippen LogP contribution in [0.3, 0.4) is 0 Å². The van der Waals surface area contributed by atoms with Crippen LogP contribution in [0.4, 0.5) is 0 Å². The van der Waals surface area contributed by atoms with Gasteiger partial charge in [0.05, 0.1) is 5.75 Å². The van der Waals surface area contributed by atoms with Crippen molar-refractivity contribution in [1.29, 1.82) is 0 Å². The zero-order chi connectivity index (χ0) is 13.3. The van der Waals surface area contributed by atoms with Gasteiger partial charge < -0.3 is 10.4 Å². The van der Waals surface area contributed by atoms with Gasteiger partial charge in [-0.1, -0.05) is 27.2 Å². The molecule has 1 atom stereocenters. The Labute approximate surface area is 108 Å². The first-order valence-corrected chi connectivity index (χ1v) is 7.22. The number of rotatable bonds is 9. The van der Waals surface area contributed by atoms with Gasteiger partial charge in [-0.25, -0.2) is 4.79 Å². The molecule has 0 radical (unpaired) electrons. The lowest BCUT2D eigenvalue weighted by molar-refractivity contribution is -0.141. The second-order valence-electron chi connectivity index (χ2n) is 4.49. The van der Waals surface area contributed by atoms with Crippen molar-refractivity contribution in [3.63, 3.8) is 0 Å². The number of hydrogen-bond acceptors (Lipinski definition) is 3. The van der Waals surface area contributed by atoms with Crippen LogP contribution in [0.5, 0.6) is 0 Å². The lowest BCUT2D eigenvalue weighted by Gasteiger charge is -2.16. The molecule has 0 bridgehead atoms. The predicted molar refractivity (Wildman–Crippen MR) is 71.3 cm³/mol. The van der Waals surface area contributed by atoms with E-state index in [0.29, 0.717) is 12.2 Å². The Kier molecular flexibility index (Phi) is 8.94. The molecule has 0 aromatic heterocycles. The Hall–Kier alpha value is -0.710. The van der Waals surface area contributed by atoms with E-state index in [0.717, 1.165) is 18.6 Å². The first kappa shape index (κ1) is 16.3. The van der Waals surface area contributed by atoms with Gasteiger partial charge in [-0.15, -0.1) is 0 Å². The number of carboxylic acid groups (broad SMARTS) is 1. The van der Waals surface area contributed by atoms with Gasteiger partial charge in [0.25, 0.3) is 0 Å². The summed E-state index contributed by atoms with van der Waals surface area (Å²) in [5, 5.41) is 11.5. The topological polar surface area (TPSA) is 66.4 Å². The van der Waals surface area contributed by atoms with Crippen LogP contribution < -0.4 is 5.32 Å². The summed E-state index contributed by atoms with van der Waals surface area (Å²) in [6.07, 6.45) is 2.67. The molecule has 0 aliphatic carbocycles. The van der Waals surface area contributed by atoms with E-state index >= 15 is 0 Å². The monoisotopic (exact) mass is 261 g/mol. The minimum absolute atomic E-state index is 0.181. The van der Waals surface area contributed by atoms with Crippen molar-refractivity contribution in [3.8, 4) is 0 Å². The highest BCUT2D eigenvalue weighted by atomic mass is 32.2. The van der Waals surface area contributed by atoms with Gasteiger partial charge in [-0.2, -0.15) is 11.8 Å². The predicted octanol–water partition coefficient (Wildman–Crippen LogP) is 2.14. The van der Waals surface area contributed by atoms with E-state index in [9.17, 15) is 9.59 Å². The molecule has 2 N–H and O–H groups in total. The average Bonchev–Trinajstić information content (AvgIpc) is 2.22. The molecule has 5 heteroatoms. The van der Waals surface area contributed by atoms with Gasteiger partial charge >= 0.3 is 5.97 Å². The largest absolute Gasteiger partial charge is 0.480 e. The van der Waals surface area contributed by atoms with E-state index in [4.69, 9.17) is 5.11 Å². The summed E-state index contributed by atoms with van der Waals surface area (Å²) in [7, 11) is 0. The summed E-state index contributed by atoms with van der Waals surface area (Å²) in [5.41, 5.74) is 0. The van der Waals surface area contributed by atoms with Crippen molar-refractivity contribution in [1.82, 2.24) is 5.32 Å². The number of carbonyl (C=O) groups excluding carboxylic acids is 1. The zero-order valence-corrected chi connectivity index (χ0v) is 11.7. The lowest BCUT2D eigenvalue weighted by Crippen LogP contribution is -2.42. The van der Waals surface area contributed by atoms with E-state index in [1.165, 1.54) is 0 Å². The smallest absolute Gasteiger partial charge is 0.326 e. The van der Waals surface area contributed by atoms with Crippen LogP contribution >= 0.6 is 11.8 Å². The molecule has 0 aliphatic rings. The molecule has 0 saturated heterocycles. The van der Waals surface area contributed by atoms with Crippen LogP contribution in [0.1, 0.15) is 40.0 Å². The summed E-state index contributed by atoms with van der Waals surface area (Å²) < 4.78 is 0. The van der Waals surface area contributed by atoms with E-state index in [1.807, 2.05) is 13.8 Å². The molecule has 0 fully saturated rings. The molecular weight excluding hydrogens is 238 g/mol. The third-order valence-corrected chi connectivity index (χ3v) is 3.26. The number of nitrogens with one attached hydrogen (secondary N) is 1. The first-order valence-electron chi connectivity index (χ1n) is 6.07. The van der Waals surface area contributed by atoms with Gasteiger partial charge in [0.2, 0.25) is 5.91 Å². The molecule has 0 rings (SSSR count). The van der Waals surface area contributed by atoms with E-state index < -0.39 is 12.0 Å². The molecule has 0 unspecified atom stereocenters. The molecule has 100 valence electrons. The maximum Gasteiger partial charge on any atom is 0.326 e. The summed E-state index contributed by atoms with van der Waals surface area (Å²) >= 11 is 1.55. The quantitative estimate of drug-likeness (QED) is 0.624. The highest BCUT2D eigenvalue weighted by molar-refractivity contribution is 7.99. The minimum Gasteiger partial charge on any atom is -0.480 e. The molecule has 0 aliphatic heterocycles. The molecule has 0 aromatic rings. The molecule has 1 amide bonds. The normalized spacial score (nSPS) is 12.5. The summed E-state index contributed by atoms with van der Waals surface area (Å²) in [4.78, 5) is 22.4. The van der Waals surface area contributed by atoms with Crippen LogP contribution in [0.25, 0.3) is 0 Å². The van der Waals surface area contributed by atoms with Gasteiger partial charge in [-0.3, -0.25) is 4.79 Å². The first-order chi connectivity index (χ1) is 7.97. The molecule has 4 nitrogen and oxygen atoms in total. The number of carbonyl (C=O) groups is 2. The molecule has 0 heterocycles. The standard InChI is InChI=1S/C12H23NO3S/c1-4-5-6-17-8-11(14)13-10(12(15)16)7-9(2)3/h9-10H,4-8H2,1-3H3,(H,13,14)(H,15,16)/t10-/m1/s1. The highest BCUT2D eigenvalue weighted by Crippen LogP contribution is 2.07. The fourth-order valence-electron chi connectivity index (χ4n) is 1.34. The fraction of sp³-hybridized carbons (Fsp3) is 0.833. The second kappa shape index (κ2) is 9.33. The third kappa shape index (κ3) is 9.03. The lowest BCUT2D eigenvalue weighted by atomic mass is 10.0. The SMILES string of the molecule is CCCCSCC(=O)N[C@H](CC(C)C)C(=O)O. The number of thioether (sulfide) groups is 1. The Morgan fingerprint density at radius 3 is 2.47 bits per heavy atom. The van der Waals surface area contributed by atoms with Crippen molar-refractivity contribution >= 4 is 23.6 Å². The molecular formula is C12H23NO3S. The molecule has 17 heavy (non-hydrogen) atoms. The van der Waals surface area contributed by atoms with E-state index in [-0.39, 0.29) is 11.8 Å². The Balaban J connectivity index is 3.91. The molecule has 0 aromatic carbocycles. The number of amides is 1. The van der Waals surface area contributed by atoms with Crippen molar-refractivity contribution in [2.24, 2.45) is 5.92 Å². The highest BCUT2D eigenvalue weighted by Gasteiger charge is 2.20. The fourth-order valence-corrected chi connectivity index (χ4v) is 2.25. The van der Waals surface area contributed by atoms with Crippen molar-refractivity contribution in [3.05, 3.63) is 0 Å². The maximum absolute atomic E-state index is 11.5. The number of hydrogen-bond donors (Lipinski definition) is 2. The maximum atomic E-state index is 11.5. The van der Waals surface area contributed by atoms with Gasteiger partial charge in [0, 0.05) is 0 Å². The van der Waals surface area contributed by atoms with Crippen LogP contribution in [0.15, 0.2) is 0 Å². The van der Waals surface area contributed by atoms with Gasteiger partial charge in [0.15, 0.2) is 0 Å². The third-order valence-electron chi connectivity index (χ3n) is 2.22. The summed E-state index contributed by atoms with van der Waals surface area (Å²) in [6.45, 7) is 5.99. The minimum atomic E-state index is -0.953. The Morgan fingerprint density at radius 2 is 2.00 bits per heavy atom. The second-order valence-corrected chi connectivity index (χ2v) is 5.60. The number of unbranched alkanes of at least 4 members (excludes halogenated alkanes) is 1. The van der Waals surface area contributed by atoms with Crippen molar-refractivity contribution in [2.45, 2.75) is 46.1 Å². The van der Waals surface area contributed by atoms with Crippen LogP contribution in [0.2, 0.25) is 0 Å². The molecule has 0 saturated carbocycles. The number of aliphatic carboxylic acids is 1. The van der Waals surface area contributed by atoms with Crippen LogP contribution in [0, 0.1) is 5.92 Å². The van der Waals surface area contributed by atoms with Gasteiger partial charge in [-0.05, 0) is 24.5 Å². The van der Waals surface area contributed by atoms with E-state index in [2.05, 4.69) is 12.2 Å². The summed E-state index contributed by atoms with van der Waals surface area (Å²) in [6, 6.07) is -0.755. The average molecular weight is 261 g/mol.